The molecule has 0 unspecified atom stereocenters. The Morgan fingerprint density at radius 1 is 0.960 bits per heavy atom. The normalized spacial score (nSPS) is 10.3. The van der Waals surface area contributed by atoms with E-state index in [1.165, 1.54) is 0 Å². The van der Waals surface area contributed by atoms with Gasteiger partial charge in [0.25, 0.3) is 0 Å². The molecule has 6 nitrogen and oxygen atoms in total. The molecule has 25 heavy (non-hydrogen) atoms. The van der Waals surface area contributed by atoms with E-state index in [0.29, 0.717) is 18.0 Å². The second-order valence-corrected chi connectivity index (χ2v) is 5.87. The Morgan fingerprint density at radius 3 is 2.20 bits per heavy atom. The molecule has 6 heteroatoms. The van der Waals surface area contributed by atoms with Crippen LogP contribution in [0.15, 0.2) is 42.5 Å². The number of hydrogen-bond acceptors (Lipinski definition) is 4. The fourth-order valence-electron chi connectivity index (χ4n) is 2.30. The molecule has 2 aromatic carbocycles. The summed E-state index contributed by atoms with van der Waals surface area (Å²) in [6, 6.07) is 13.3. The van der Waals surface area contributed by atoms with Gasteiger partial charge in [0.1, 0.15) is 0 Å². The van der Waals surface area contributed by atoms with Gasteiger partial charge >= 0.3 is 6.03 Å². The average Bonchev–Trinajstić information content (AvgIpc) is 2.60. The van der Waals surface area contributed by atoms with E-state index in [1.54, 1.807) is 14.2 Å². The average molecular weight is 343 g/mol. The topological polar surface area (TPSA) is 71.6 Å². The van der Waals surface area contributed by atoms with Crippen LogP contribution in [0.1, 0.15) is 19.4 Å². The number of methoxy groups -OCH3 is 2. The third kappa shape index (κ3) is 5.60. The standard InChI is InChI=1S/C19H25N3O3/c1-13(2)21-19(23)22-16-8-6-15(7-9-16)20-12-14-5-10-17(24-3)18(11-14)25-4/h5-11,13,20H,12H2,1-4H3,(H2,21,22,23). The minimum Gasteiger partial charge on any atom is -0.493 e. The summed E-state index contributed by atoms with van der Waals surface area (Å²) in [6.07, 6.45) is 0. The molecule has 0 aliphatic heterocycles. The van der Waals surface area contributed by atoms with Crippen molar-refractivity contribution in [2.45, 2.75) is 26.4 Å². The Kier molecular flexibility index (Phi) is 6.51. The van der Waals surface area contributed by atoms with Crippen LogP contribution in [0.2, 0.25) is 0 Å². The summed E-state index contributed by atoms with van der Waals surface area (Å²) in [5, 5.41) is 8.92. The number of urea groups is 1. The highest BCUT2D eigenvalue weighted by Gasteiger charge is 2.05. The van der Waals surface area contributed by atoms with Crippen LogP contribution < -0.4 is 25.4 Å². The number of carbonyl (C=O) groups is 1. The summed E-state index contributed by atoms with van der Waals surface area (Å²) < 4.78 is 10.5. The molecule has 3 N–H and O–H groups in total. The predicted molar refractivity (Wildman–Crippen MR) is 101 cm³/mol. The molecule has 134 valence electrons. The van der Waals surface area contributed by atoms with E-state index in [4.69, 9.17) is 9.47 Å². The van der Waals surface area contributed by atoms with E-state index < -0.39 is 0 Å². The minimum atomic E-state index is -0.207. The van der Waals surface area contributed by atoms with Crippen molar-refractivity contribution in [2.75, 3.05) is 24.9 Å². The van der Waals surface area contributed by atoms with Gasteiger partial charge in [0.15, 0.2) is 11.5 Å². The van der Waals surface area contributed by atoms with Gasteiger partial charge in [-0.3, -0.25) is 0 Å². The van der Waals surface area contributed by atoms with Crippen molar-refractivity contribution in [1.82, 2.24) is 5.32 Å². The van der Waals surface area contributed by atoms with E-state index >= 15 is 0 Å². The molecule has 0 heterocycles. The molecule has 0 saturated heterocycles. The highest BCUT2D eigenvalue weighted by Crippen LogP contribution is 2.27. The first-order chi connectivity index (χ1) is 12.0. The van der Waals surface area contributed by atoms with Crippen molar-refractivity contribution in [3.63, 3.8) is 0 Å². The van der Waals surface area contributed by atoms with Gasteiger partial charge < -0.3 is 25.4 Å². The van der Waals surface area contributed by atoms with Gasteiger partial charge in [0.05, 0.1) is 14.2 Å². The zero-order chi connectivity index (χ0) is 18.2. The lowest BCUT2D eigenvalue weighted by atomic mass is 10.2. The number of nitrogens with one attached hydrogen (secondary N) is 3. The summed E-state index contributed by atoms with van der Waals surface area (Å²) >= 11 is 0. The Bertz CT molecular complexity index is 700. The zero-order valence-corrected chi connectivity index (χ0v) is 15.1. The van der Waals surface area contributed by atoms with Crippen LogP contribution in [0.4, 0.5) is 16.2 Å². The van der Waals surface area contributed by atoms with Crippen molar-refractivity contribution in [3.05, 3.63) is 48.0 Å². The van der Waals surface area contributed by atoms with Crippen LogP contribution in [-0.4, -0.2) is 26.3 Å². The molecule has 2 amide bonds. The molecule has 0 spiro atoms. The number of hydrogen-bond donors (Lipinski definition) is 3. The maximum atomic E-state index is 11.7. The summed E-state index contributed by atoms with van der Waals surface area (Å²) in [5.41, 5.74) is 2.79. The number of ether oxygens (including phenoxy) is 2. The molecule has 0 aliphatic carbocycles. The van der Waals surface area contributed by atoms with Crippen LogP contribution in [0.3, 0.4) is 0 Å². The van der Waals surface area contributed by atoms with Gasteiger partial charge in [-0.2, -0.15) is 0 Å². The molecule has 0 atom stereocenters. The van der Waals surface area contributed by atoms with Crippen LogP contribution >= 0.6 is 0 Å². The van der Waals surface area contributed by atoms with Crippen LogP contribution in [0.25, 0.3) is 0 Å². The second kappa shape index (κ2) is 8.82. The fraction of sp³-hybridized carbons (Fsp3) is 0.316. The number of amides is 2. The first-order valence-corrected chi connectivity index (χ1v) is 8.14. The smallest absolute Gasteiger partial charge is 0.319 e. The number of rotatable bonds is 7. The van der Waals surface area contributed by atoms with E-state index in [0.717, 1.165) is 16.9 Å². The van der Waals surface area contributed by atoms with Crippen molar-refractivity contribution in [1.29, 1.82) is 0 Å². The quantitative estimate of drug-likeness (QED) is 0.714. The van der Waals surface area contributed by atoms with E-state index in [2.05, 4.69) is 16.0 Å². The summed E-state index contributed by atoms with van der Waals surface area (Å²) in [5.74, 6) is 1.42. The molecule has 0 aliphatic rings. The predicted octanol–water partition coefficient (Wildman–Crippen LogP) is 3.85. The lowest BCUT2D eigenvalue weighted by Crippen LogP contribution is -2.34. The number of benzene rings is 2. The highest BCUT2D eigenvalue weighted by molar-refractivity contribution is 5.89. The molecule has 0 aromatic heterocycles. The molecular weight excluding hydrogens is 318 g/mol. The SMILES string of the molecule is COc1ccc(CNc2ccc(NC(=O)NC(C)C)cc2)cc1OC. The third-order valence-electron chi connectivity index (χ3n) is 3.51. The van der Waals surface area contributed by atoms with Crippen molar-refractivity contribution >= 4 is 17.4 Å². The molecule has 0 fully saturated rings. The highest BCUT2D eigenvalue weighted by atomic mass is 16.5. The summed E-state index contributed by atoms with van der Waals surface area (Å²) in [7, 11) is 3.24. The Hall–Kier alpha value is -2.89. The number of anilines is 2. The summed E-state index contributed by atoms with van der Waals surface area (Å²) in [6.45, 7) is 4.49. The van der Waals surface area contributed by atoms with Crippen molar-refractivity contribution in [3.8, 4) is 11.5 Å². The molecule has 2 rings (SSSR count). The van der Waals surface area contributed by atoms with Crippen molar-refractivity contribution < 1.29 is 14.3 Å². The van der Waals surface area contributed by atoms with Gasteiger partial charge in [0.2, 0.25) is 0 Å². The number of carbonyl (C=O) groups excluding carboxylic acids is 1. The molecule has 0 radical (unpaired) electrons. The van der Waals surface area contributed by atoms with Crippen LogP contribution in [-0.2, 0) is 6.54 Å². The van der Waals surface area contributed by atoms with Gasteiger partial charge in [-0.15, -0.1) is 0 Å². The first kappa shape index (κ1) is 18.4. The largest absolute Gasteiger partial charge is 0.493 e. The van der Waals surface area contributed by atoms with Gasteiger partial charge in [-0.25, -0.2) is 4.79 Å². The first-order valence-electron chi connectivity index (χ1n) is 8.14. The van der Waals surface area contributed by atoms with E-state index in [9.17, 15) is 4.79 Å². The van der Waals surface area contributed by atoms with Crippen LogP contribution in [0.5, 0.6) is 11.5 Å². The van der Waals surface area contributed by atoms with Crippen LogP contribution in [0, 0.1) is 0 Å². The second-order valence-electron chi connectivity index (χ2n) is 5.87. The molecule has 2 aromatic rings. The Labute approximate surface area is 148 Å². The Morgan fingerprint density at radius 2 is 1.60 bits per heavy atom. The monoisotopic (exact) mass is 343 g/mol. The lowest BCUT2D eigenvalue weighted by Gasteiger charge is -2.12. The van der Waals surface area contributed by atoms with Gasteiger partial charge in [-0.1, -0.05) is 6.07 Å². The van der Waals surface area contributed by atoms with Gasteiger partial charge in [-0.05, 0) is 55.8 Å². The summed E-state index contributed by atoms with van der Waals surface area (Å²) in [4.78, 5) is 11.7. The molecular formula is C19H25N3O3. The zero-order valence-electron chi connectivity index (χ0n) is 15.1. The molecule has 0 bridgehead atoms. The lowest BCUT2D eigenvalue weighted by molar-refractivity contribution is 0.250. The maximum absolute atomic E-state index is 11.7. The fourth-order valence-corrected chi connectivity index (χ4v) is 2.30. The molecule has 0 saturated carbocycles. The maximum Gasteiger partial charge on any atom is 0.319 e. The third-order valence-corrected chi connectivity index (χ3v) is 3.51. The minimum absolute atomic E-state index is 0.0995. The van der Waals surface area contributed by atoms with E-state index in [1.807, 2.05) is 56.3 Å². The van der Waals surface area contributed by atoms with E-state index in [-0.39, 0.29) is 12.1 Å². The van der Waals surface area contributed by atoms with Crippen molar-refractivity contribution in [2.24, 2.45) is 0 Å². The Balaban J connectivity index is 1.92. The van der Waals surface area contributed by atoms with Gasteiger partial charge in [0, 0.05) is 24.0 Å².